The summed E-state index contributed by atoms with van der Waals surface area (Å²) < 4.78 is 11.7. The van der Waals surface area contributed by atoms with Gasteiger partial charge in [-0.05, 0) is 46.6 Å². The van der Waals surface area contributed by atoms with E-state index in [9.17, 15) is 4.79 Å². The molecular formula is C12H15BrO3S. The summed E-state index contributed by atoms with van der Waals surface area (Å²) in [4.78, 5) is 11.5. The Morgan fingerprint density at radius 2 is 2.53 bits per heavy atom. The number of esters is 1. The summed E-state index contributed by atoms with van der Waals surface area (Å²) in [5, 5.41) is 1.98. The lowest BCUT2D eigenvalue weighted by molar-refractivity contribution is -0.145. The second-order valence-electron chi connectivity index (χ2n) is 4.09. The second-order valence-corrected chi connectivity index (χ2v) is 6.38. The van der Waals surface area contributed by atoms with E-state index in [-0.39, 0.29) is 12.1 Å². The fraction of sp³-hybridized carbons (Fsp3) is 0.583. The highest BCUT2D eigenvalue weighted by atomic mass is 79.9. The first-order chi connectivity index (χ1) is 8.24. The van der Waals surface area contributed by atoms with Crippen molar-refractivity contribution in [1.29, 1.82) is 0 Å². The molecule has 0 unspecified atom stereocenters. The Morgan fingerprint density at radius 1 is 1.65 bits per heavy atom. The first kappa shape index (κ1) is 13.1. The van der Waals surface area contributed by atoms with Crippen LogP contribution < -0.4 is 0 Å². The molecule has 0 bridgehead atoms. The maximum absolute atomic E-state index is 11.5. The molecule has 1 fully saturated rings. The van der Waals surface area contributed by atoms with Gasteiger partial charge in [0.15, 0.2) is 0 Å². The molecule has 1 atom stereocenters. The lowest BCUT2D eigenvalue weighted by Gasteiger charge is -2.08. The minimum Gasteiger partial charge on any atom is -0.461 e. The topological polar surface area (TPSA) is 35.5 Å². The molecule has 0 aliphatic carbocycles. The van der Waals surface area contributed by atoms with Crippen LogP contribution in [0.25, 0.3) is 0 Å². The fourth-order valence-electron chi connectivity index (χ4n) is 1.81. The van der Waals surface area contributed by atoms with Gasteiger partial charge in [0.05, 0.1) is 9.89 Å². The molecule has 3 nitrogen and oxygen atoms in total. The van der Waals surface area contributed by atoms with E-state index in [1.165, 1.54) is 0 Å². The summed E-state index contributed by atoms with van der Waals surface area (Å²) in [7, 11) is 0. The van der Waals surface area contributed by atoms with Gasteiger partial charge in [0.25, 0.3) is 0 Å². The van der Waals surface area contributed by atoms with Crippen LogP contribution in [0.15, 0.2) is 15.2 Å². The van der Waals surface area contributed by atoms with Gasteiger partial charge < -0.3 is 9.47 Å². The number of carbonyl (C=O) groups is 1. The van der Waals surface area contributed by atoms with Crippen LogP contribution in [0.5, 0.6) is 0 Å². The molecule has 0 amide bonds. The van der Waals surface area contributed by atoms with Gasteiger partial charge in [-0.15, -0.1) is 11.3 Å². The fourth-order valence-corrected chi connectivity index (χ4v) is 3.00. The van der Waals surface area contributed by atoms with Crippen molar-refractivity contribution in [3.05, 3.63) is 20.8 Å². The Hall–Kier alpha value is -0.390. The molecule has 5 heteroatoms. The van der Waals surface area contributed by atoms with Gasteiger partial charge in [0.1, 0.15) is 6.61 Å². The maximum Gasteiger partial charge on any atom is 0.306 e. The van der Waals surface area contributed by atoms with Crippen LogP contribution in [0, 0.1) is 0 Å². The Morgan fingerprint density at radius 3 is 3.18 bits per heavy atom. The van der Waals surface area contributed by atoms with Crippen LogP contribution >= 0.6 is 27.3 Å². The van der Waals surface area contributed by atoms with E-state index in [0.717, 1.165) is 35.2 Å². The summed E-state index contributed by atoms with van der Waals surface area (Å²) >= 11 is 4.97. The minimum absolute atomic E-state index is 0.136. The third-order valence-corrected chi connectivity index (χ3v) is 4.27. The standard InChI is InChI=1S/C12H15BrO3S/c13-11-6-9(8-17-11)7-16-12(14)4-3-10-2-1-5-15-10/h6,8,10H,1-5,7H2/t10-/m0/s1. The van der Waals surface area contributed by atoms with Crippen molar-refractivity contribution in [2.75, 3.05) is 6.61 Å². The van der Waals surface area contributed by atoms with Crippen LogP contribution in [0.1, 0.15) is 31.2 Å². The molecule has 0 radical (unpaired) electrons. The van der Waals surface area contributed by atoms with Crippen LogP contribution in [0.2, 0.25) is 0 Å². The molecule has 2 heterocycles. The smallest absolute Gasteiger partial charge is 0.306 e. The zero-order valence-corrected chi connectivity index (χ0v) is 11.9. The molecule has 1 aromatic rings. The molecule has 17 heavy (non-hydrogen) atoms. The number of rotatable bonds is 5. The van der Waals surface area contributed by atoms with Crippen molar-refractivity contribution >= 4 is 33.2 Å². The van der Waals surface area contributed by atoms with Gasteiger partial charge in [-0.25, -0.2) is 0 Å². The summed E-state index contributed by atoms with van der Waals surface area (Å²) in [6, 6.07) is 1.97. The van der Waals surface area contributed by atoms with Crippen LogP contribution in [-0.4, -0.2) is 18.7 Å². The Labute approximate surface area is 113 Å². The Kier molecular flexibility index (Phi) is 5.00. The molecule has 1 aromatic heterocycles. The lowest BCUT2D eigenvalue weighted by atomic mass is 10.1. The summed E-state index contributed by atoms with van der Waals surface area (Å²) in [6.07, 6.45) is 3.69. The van der Waals surface area contributed by atoms with Gasteiger partial charge in [-0.3, -0.25) is 4.79 Å². The molecule has 0 saturated carbocycles. The first-order valence-electron chi connectivity index (χ1n) is 5.74. The van der Waals surface area contributed by atoms with E-state index in [0.29, 0.717) is 13.0 Å². The highest BCUT2D eigenvalue weighted by molar-refractivity contribution is 9.11. The monoisotopic (exact) mass is 318 g/mol. The highest BCUT2D eigenvalue weighted by Gasteiger charge is 2.17. The first-order valence-corrected chi connectivity index (χ1v) is 7.41. The quantitative estimate of drug-likeness (QED) is 0.779. The second kappa shape index (κ2) is 6.52. The molecule has 2 rings (SSSR count). The van der Waals surface area contributed by atoms with Crippen molar-refractivity contribution in [2.24, 2.45) is 0 Å². The van der Waals surface area contributed by atoms with Crippen LogP contribution in [-0.2, 0) is 20.9 Å². The summed E-state index contributed by atoms with van der Waals surface area (Å²) in [5.74, 6) is -0.136. The van der Waals surface area contributed by atoms with E-state index in [2.05, 4.69) is 15.9 Å². The number of thiophene rings is 1. The lowest BCUT2D eigenvalue weighted by Crippen LogP contribution is -2.10. The molecule has 0 N–H and O–H groups in total. The zero-order chi connectivity index (χ0) is 12.1. The minimum atomic E-state index is -0.136. The van der Waals surface area contributed by atoms with Gasteiger partial charge >= 0.3 is 5.97 Å². The molecule has 0 aromatic carbocycles. The third kappa shape index (κ3) is 4.41. The third-order valence-electron chi connectivity index (χ3n) is 2.72. The number of ether oxygens (including phenoxy) is 2. The summed E-state index contributed by atoms with van der Waals surface area (Å²) in [5.41, 5.74) is 1.03. The van der Waals surface area contributed by atoms with Crippen molar-refractivity contribution in [1.82, 2.24) is 0 Å². The molecule has 1 aliphatic rings. The number of hydrogen-bond donors (Lipinski definition) is 0. The van der Waals surface area contributed by atoms with Gasteiger partial charge in [0.2, 0.25) is 0 Å². The molecule has 0 spiro atoms. The molecular weight excluding hydrogens is 304 g/mol. The van der Waals surface area contributed by atoms with Crippen LogP contribution in [0.3, 0.4) is 0 Å². The highest BCUT2D eigenvalue weighted by Crippen LogP contribution is 2.21. The zero-order valence-electron chi connectivity index (χ0n) is 9.49. The average Bonchev–Trinajstić information content (AvgIpc) is 2.95. The van der Waals surface area contributed by atoms with Gasteiger partial charge in [0, 0.05) is 18.6 Å². The van der Waals surface area contributed by atoms with E-state index in [1.54, 1.807) is 11.3 Å². The molecule has 94 valence electrons. The predicted molar refractivity (Wildman–Crippen MR) is 70.0 cm³/mol. The predicted octanol–water partition coefficient (Wildman–Crippen LogP) is 3.51. The largest absolute Gasteiger partial charge is 0.461 e. The Bertz CT molecular complexity index is 372. The molecule has 1 aliphatic heterocycles. The Balaban J connectivity index is 1.63. The number of carbonyl (C=O) groups excluding carboxylic acids is 1. The van der Waals surface area contributed by atoms with E-state index < -0.39 is 0 Å². The number of hydrogen-bond acceptors (Lipinski definition) is 4. The number of halogens is 1. The van der Waals surface area contributed by atoms with Crippen molar-refractivity contribution < 1.29 is 14.3 Å². The molecule has 1 saturated heterocycles. The van der Waals surface area contributed by atoms with E-state index >= 15 is 0 Å². The van der Waals surface area contributed by atoms with E-state index in [4.69, 9.17) is 9.47 Å². The van der Waals surface area contributed by atoms with Crippen molar-refractivity contribution in [2.45, 2.75) is 38.4 Å². The van der Waals surface area contributed by atoms with Crippen molar-refractivity contribution in [3.63, 3.8) is 0 Å². The van der Waals surface area contributed by atoms with Crippen molar-refractivity contribution in [3.8, 4) is 0 Å². The van der Waals surface area contributed by atoms with Crippen LogP contribution in [0.4, 0.5) is 0 Å². The van der Waals surface area contributed by atoms with Gasteiger partial charge in [-0.1, -0.05) is 0 Å². The maximum atomic E-state index is 11.5. The normalized spacial score (nSPS) is 19.5. The average molecular weight is 319 g/mol. The summed E-state index contributed by atoms with van der Waals surface area (Å²) in [6.45, 7) is 1.20. The van der Waals surface area contributed by atoms with E-state index in [1.807, 2.05) is 11.4 Å². The SMILES string of the molecule is O=C(CC[C@@H]1CCCO1)OCc1csc(Br)c1. The van der Waals surface area contributed by atoms with Gasteiger partial charge in [-0.2, -0.15) is 0 Å².